The van der Waals surface area contributed by atoms with Gasteiger partial charge < -0.3 is 10.5 Å². The molecule has 1 aromatic rings. The molecule has 18 heavy (non-hydrogen) atoms. The van der Waals surface area contributed by atoms with Crippen molar-refractivity contribution < 1.29 is 17.5 Å². The van der Waals surface area contributed by atoms with Crippen LogP contribution in [-0.4, -0.2) is 26.9 Å². The standard InChI is InChI=1S/C12H16FNO3S/c13-11-7-10(4-5-12(11)14)18(15,16)8-9-3-1-2-6-17-9/h4-5,7,9H,1-3,6,8,14H2. The lowest BCUT2D eigenvalue weighted by molar-refractivity contribution is 0.0305. The number of halogens is 1. The average Bonchev–Trinajstić information content (AvgIpc) is 2.33. The molecule has 1 heterocycles. The topological polar surface area (TPSA) is 69.4 Å². The number of nitrogens with two attached hydrogens (primary N) is 1. The summed E-state index contributed by atoms with van der Waals surface area (Å²) in [6.07, 6.45) is 2.38. The molecule has 2 rings (SSSR count). The molecule has 1 saturated heterocycles. The molecule has 0 radical (unpaired) electrons. The lowest BCUT2D eigenvalue weighted by Gasteiger charge is -2.22. The fourth-order valence-corrected chi connectivity index (χ4v) is 3.48. The van der Waals surface area contributed by atoms with Gasteiger partial charge in [0.2, 0.25) is 0 Å². The van der Waals surface area contributed by atoms with Gasteiger partial charge in [-0.1, -0.05) is 0 Å². The Labute approximate surface area is 106 Å². The van der Waals surface area contributed by atoms with Gasteiger partial charge in [-0.25, -0.2) is 12.8 Å². The van der Waals surface area contributed by atoms with Crippen molar-refractivity contribution in [2.45, 2.75) is 30.3 Å². The molecule has 1 aliphatic rings. The molecule has 0 saturated carbocycles. The summed E-state index contributed by atoms with van der Waals surface area (Å²) in [6.45, 7) is 0.594. The van der Waals surface area contributed by atoms with E-state index in [2.05, 4.69) is 0 Å². The minimum Gasteiger partial charge on any atom is -0.396 e. The second kappa shape index (κ2) is 5.24. The fourth-order valence-electron chi connectivity index (χ4n) is 1.98. The molecule has 2 N–H and O–H groups in total. The first-order valence-electron chi connectivity index (χ1n) is 5.88. The van der Waals surface area contributed by atoms with Crippen molar-refractivity contribution in [3.63, 3.8) is 0 Å². The quantitative estimate of drug-likeness (QED) is 0.852. The third-order valence-corrected chi connectivity index (χ3v) is 4.79. The van der Waals surface area contributed by atoms with E-state index >= 15 is 0 Å². The highest BCUT2D eigenvalue weighted by Gasteiger charge is 2.24. The van der Waals surface area contributed by atoms with E-state index in [-0.39, 0.29) is 22.4 Å². The van der Waals surface area contributed by atoms with E-state index in [1.807, 2.05) is 0 Å². The van der Waals surface area contributed by atoms with E-state index in [0.717, 1.165) is 25.3 Å². The maximum Gasteiger partial charge on any atom is 0.181 e. The summed E-state index contributed by atoms with van der Waals surface area (Å²) in [5.41, 5.74) is 5.27. The summed E-state index contributed by atoms with van der Waals surface area (Å²) < 4.78 is 42.8. The zero-order valence-electron chi connectivity index (χ0n) is 9.93. The minimum absolute atomic E-state index is 0.0385. The highest BCUT2D eigenvalue weighted by molar-refractivity contribution is 7.91. The van der Waals surface area contributed by atoms with Gasteiger partial charge in [-0.05, 0) is 37.5 Å². The molecule has 1 aliphatic heterocycles. The second-order valence-electron chi connectivity index (χ2n) is 4.45. The Kier molecular flexibility index (Phi) is 3.87. The number of anilines is 1. The predicted molar refractivity (Wildman–Crippen MR) is 66.5 cm³/mol. The summed E-state index contributed by atoms with van der Waals surface area (Å²) in [5, 5.41) is 0. The van der Waals surface area contributed by atoms with Crippen LogP contribution in [0.15, 0.2) is 23.1 Å². The van der Waals surface area contributed by atoms with Gasteiger partial charge in [0.05, 0.1) is 22.4 Å². The predicted octanol–water partition coefficient (Wildman–Crippen LogP) is 1.75. The maximum atomic E-state index is 13.3. The first-order chi connectivity index (χ1) is 8.49. The number of hydrogen-bond donors (Lipinski definition) is 1. The van der Waals surface area contributed by atoms with Gasteiger partial charge in [-0.3, -0.25) is 0 Å². The highest BCUT2D eigenvalue weighted by Crippen LogP contribution is 2.21. The molecular formula is C12H16FNO3S. The average molecular weight is 273 g/mol. The Morgan fingerprint density at radius 2 is 2.17 bits per heavy atom. The molecule has 0 aromatic heterocycles. The van der Waals surface area contributed by atoms with E-state index in [1.54, 1.807) is 0 Å². The van der Waals surface area contributed by atoms with Crippen LogP contribution in [0.5, 0.6) is 0 Å². The molecule has 1 fully saturated rings. The normalized spacial score (nSPS) is 20.8. The molecule has 100 valence electrons. The molecule has 6 heteroatoms. The van der Waals surface area contributed by atoms with Crippen molar-refractivity contribution in [2.75, 3.05) is 18.1 Å². The lowest BCUT2D eigenvalue weighted by atomic mass is 10.1. The van der Waals surface area contributed by atoms with Gasteiger partial charge in [0.1, 0.15) is 5.82 Å². The van der Waals surface area contributed by atoms with Crippen molar-refractivity contribution in [3.8, 4) is 0 Å². The molecule has 0 bridgehead atoms. The SMILES string of the molecule is Nc1ccc(S(=O)(=O)CC2CCCCO2)cc1F. The zero-order valence-corrected chi connectivity index (χ0v) is 10.7. The van der Waals surface area contributed by atoms with Crippen molar-refractivity contribution in [3.05, 3.63) is 24.0 Å². The second-order valence-corrected chi connectivity index (χ2v) is 6.49. The van der Waals surface area contributed by atoms with Gasteiger partial charge in [0.25, 0.3) is 0 Å². The number of nitrogen functional groups attached to an aromatic ring is 1. The number of rotatable bonds is 3. The summed E-state index contributed by atoms with van der Waals surface area (Å²) in [6, 6.07) is 3.56. The first kappa shape index (κ1) is 13.3. The van der Waals surface area contributed by atoms with Gasteiger partial charge in [0, 0.05) is 6.61 Å². The summed E-state index contributed by atoms with van der Waals surface area (Å²) in [5.74, 6) is -0.809. The Morgan fingerprint density at radius 3 is 2.78 bits per heavy atom. The Bertz CT molecular complexity index is 524. The van der Waals surface area contributed by atoms with E-state index in [4.69, 9.17) is 10.5 Å². The number of ether oxygens (including phenoxy) is 1. The van der Waals surface area contributed by atoms with Crippen LogP contribution >= 0.6 is 0 Å². The first-order valence-corrected chi connectivity index (χ1v) is 7.53. The monoisotopic (exact) mass is 273 g/mol. The molecular weight excluding hydrogens is 257 g/mol. The minimum atomic E-state index is -3.52. The van der Waals surface area contributed by atoms with Gasteiger partial charge in [-0.15, -0.1) is 0 Å². The molecule has 0 amide bonds. The molecule has 4 nitrogen and oxygen atoms in total. The summed E-state index contributed by atoms with van der Waals surface area (Å²) in [4.78, 5) is -0.0385. The van der Waals surface area contributed by atoms with E-state index < -0.39 is 15.7 Å². The van der Waals surface area contributed by atoms with Crippen LogP contribution in [0.25, 0.3) is 0 Å². The van der Waals surface area contributed by atoms with Crippen LogP contribution in [0.1, 0.15) is 19.3 Å². The van der Waals surface area contributed by atoms with Crippen molar-refractivity contribution in [1.29, 1.82) is 0 Å². The van der Waals surface area contributed by atoms with Gasteiger partial charge in [-0.2, -0.15) is 0 Å². The Morgan fingerprint density at radius 1 is 1.39 bits per heavy atom. The third kappa shape index (κ3) is 3.00. The Balaban J connectivity index is 2.16. The van der Waals surface area contributed by atoms with Crippen LogP contribution in [0.3, 0.4) is 0 Å². The van der Waals surface area contributed by atoms with Crippen LogP contribution in [0.2, 0.25) is 0 Å². The largest absolute Gasteiger partial charge is 0.396 e. The van der Waals surface area contributed by atoms with Gasteiger partial charge in [0.15, 0.2) is 9.84 Å². The van der Waals surface area contributed by atoms with Crippen LogP contribution in [0, 0.1) is 5.82 Å². The molecule has 0 aliphatic carbocycles. The van der Waals surface area contributed by atoms with Crippen molar-refractivity contribution in [1.82, 2.24) is 0 Å². The van der Waals surface area contributed by atoms with E-state index in [1.165, 1.54) is 12.1 Å². The Hall–Kier alpha value is -1.14. The molecule has 1 atom stereocenters. The fraction of sp³-hybridized carbons (Fsp3) is 0.500. The van der Waals surface area contributed by atoms with Crippen LogP contribution < -0.4 is 5.73 Å². The summed E-state index contributed by atoms with van der Waals surface area (Å²) >= 11 is 0. The van der Waals surface area contributed by atoms with Gasteiger partial charge >= 0.3 is 0 Å². The highest BCUT2D eigenvalue weighted by atomic mass is 32.2. The number of sulfone groups is 1. The number of hydrogen-bond acceptors (Lipinski definition) is 4. The van der Waals surface area contributed by atoms with E-state index in [0.29, 0.717) is 6.61 Å². The number of benzene rings is 1. The summed E-state index contributed by atoms with van der Waals surface area (Å²) in [7, 11) is -3.52. The molecule has 0 spiro atoms. The molecule has 1 unspecified atom stereocenters. The van der Waals surface area contributed by atoms with Crippen molar-refractivity contribution >= 4 is 15.5 Å². The van der Waals surface area contributed by atoms with Crippen LogP contribution in [0.4, 0.5) is 10.1 Å². The zero-order chi connectivity index (χ0) is 13.2. The molecule has 1 aromatic carbocycles. The van der Waals surface area contributed by atoms with Crippen molar-refractivity contribution in [2.24, 2.45) is 0 Å². The smallest absolute Gasteiger partial charge is 0.181 e. The van der Waals surface area contributed by atoms with Crippen LogP contribution in [-0.2, 0) is 14.6 Å². The third-order valence-electron chi connectivity index (χ3n) is 3.01. The lowest BCUT2D eigenvalue weighted by Crippen LogP contribution is -2.27. The van der Waals surface area contributed by atoms with E-state index in [9.17, 15) is 12.8 Å². The maximum absolute atomic E-state index is 13.3.